The van der Waals surface area contributed by atoms with Crippen molar-refractivity contribution in [1.82, 2.24) is 14.5 Å². The first kappa shape index (κ1) is 18.2. The molecule has 1 aromatic heterocycles. The van der Waals surface area contributed by atoms with E-state index in [0.29, 0.717) is 28.3 Å². The minimum atomic E-state index is 0.0381. The number of amides is 1. The van der Waals surface area contributed by atoms with Gasteiger partial charge in [0.25, 0.3) is 11.5 Å². The Hall–Kier alpha value is -2.17. The third-order valence-corrected chi connectivity index (χ3v) is 5.97. The Morgan fingerprint density at radius 3 is 2.59 bits per heavy atom. The maximum atomic E-state index is 13.0. The summed E-state index contributed by atoms with van der Waals surface area (Å²) < 4.78 is 1.84. The van der Waals surface area contributed by atoms with Crippen molar-refractivity contribution in [3.05, 3.63) is 39.9 Å². The molecule has 5 heteroatoms. The van der Waals surface area contributed by atoms with Crippen molar-refractivity contribution in [3.63, 3.8) is 0 Å². The van der Waals surface area contributed by atoms with Crippen LogP contribution in [0.4, 0.5) is 0 Å². The summed E-state index contributed by atoms with van der Waals surface area (Å²) in [5.41, 5.74) is 1.35. The topological polar surface area (TPSA) is 55.2 Å². The van der Waals surface area contributed by atoms with Crippen LogP contribution in [0.1, 0.15) is 62.1 Å². The van der Waals surface area contributed by atoms with Gasteiger partial charge in [-0.25, -0.2) is 4.98 Å². The predicted molar refractivity (Wildman–Crippen MR) is 107 cm³/mol. The molecule has 2 atom stereocenters. The van der Waals surface area contributed by atoms with Crippen molar-refractivity contribution in [1.29, 1.82) is 0 Å². The highest BCUT2D eigenvalue weighted by Crippen LogP contribution is 2.23. The first-order chi connectivity index (χ1) is 13.0. The van der Waals surface area contributed by atoms with Gasteiger partial charge in [-0.1, -0.05) is 26.7 Å². The van der Waals surface area contributed by atoms with Gasteiger partial charge in [-0.15, -0.1) is 0 Å². The summed E-state index contributed by atoms with van der Waals surface area (Å²) in [6.07, 6.45) is 6.47. The molecule has 27 heavy (non-hydrogen) atoms. The van der Waals surface area contributed by atoms with E-state index >= 15 is 0 Å². The van der Waals surface area contributed by atoms with Gasteiger partial charge in [-0.05, 0) is 49.3 Å². The minimum absolute atomic E-state index is 0.0381. The third-order valence-electron chi connectivity index (χ3n) is 5.97. The van der Waals surface area contributed by atoms with Crippen LogP contribution in [0.2, 0.25) is 0 Å². The van der Waals surface area contributed by atoms with E-state index in [1.807, 2.05) is 15.5 Å². The highest BCUT2D eigenvalue weighted by atomic mass is 16.2. The molecule has 3 heterocycles. The predicted octanol–water partition coefficient (Wildman–Crippen LogP) is 3.63. The van der Waals surface area contributed by atoms with Crippen LogP contribution in [0, 0.1) is 11.8 Å². The fraction of sp³-hybridized carbons (Fsp3) is 0.591. The van der Waals surface area contributed by atoms with Gasteiger partial charge in [0.1, 0.15) is 5.82 Å². The quantitative estimate of drug-likeness (QED) is 0.773. The molecule has 144 valence electrons. The maximum absolute atomic E-state index is 13.0. The Morgan fingerprint density at radius 1 is 1.07 bits per heavy atom. The lowest BCUT2D eigenvalue weighted by Gasteiger charge is -2.35. The molecule has 5 nitrogen and oxygen atoms in total. The van der Waals surface area contributed by atoms with Crippen molar-refractivity contribution in [3.8, 4) is 0 Å². The number of carbonyl (C=O) groups is 1. The van der Waals surface area contributed by atoms with Crippen LogP contribution in [0.3, 0.4) is 0 Å². The zero-order valence-corrected chi connectivity index (χ0v) is 16.4. The minimum Gasteiger partial charge on any atom is -0.338 e. The van der Waals surface area contributed by atoms with E-state index in [1.165, 1.54) is 19.3 Å². The molecule has 0 spiro atoms. The number of carbonyl (C=O) groups excluding carboxylic acids is 1. The summed E-state index contributed by atoms with van der Waals surface area (Å²) in [6.45, 7) is 6.78. The number of likely N-dealkylation sites (tertiary alicyclic amines) is 1. The number of hydrogen-bond donors (Lipinski definition) is 0. The number of nitrogens with zero attached hydrogens (tertiary/aromatic N) is 3. The molecule has 0 aliphatic carbocycles. The van der Waals surface area contributed by atoms with Crippen LogP contribution in [-0.2, 0) is 13.0 Å². The van der Waals surface area contributed by atoms with Gasteiger partial charge >= 0.3 is 0 Å². The van der Waals surface area contributed by atoms with E-state index in [0.717, 1.165) is 44.7 Å². The van der Waals surface area contributed by atoms with Crippen molar-refractivity contribution in [2.45, 2.75) is 58.9 Å². The standard InChI is InChI=1S/C22H29N3O2/c1-15-11-16(2)14-24(13-15)21(26)17-8-9-18-19(12-17)23-20-7-5-3-4-6-10-25(20)22(18)27/h8-9,12,15-16H,3-7,10-11,13-14H2,1-2H3. The molecule has 1 fully saturated rings. The molecule has 1 aromatic carbocycles. The Labute approximate surface area is 160 Å². The molecule has 0 saturated carbocycles. The number of piperidine rings is 1. The molecule has 2 unspecified atom stereocenters. The second-order valence-electron chi connectivity index (χ2n) is 8.54. The molecule has 2 aromatic rings. The Morgan fingerprint density at radius 2 is 1.81 bits per heavy atom. The molecule has 2 aliphatic heterocycles. The molecule has 0 N–H and O–H groups in total. The number of benzene rings is 1. The number of aryl methyl sites for hydroxylation is 1. The molecule has 2 aliphatic rings. The van der Waals surface area contributed by atoms with Gasteiger partial charge in [-0.2, -0.15) is 0 Å². The van der Waals surface area contributed by atoms with Gasteiger partial charge < -0.3 is 4.90 Å². The third kappa shape index (κ3) is 3.64. The van der Waals surface area contributed by atoms with Crippen molar-refractivity contribution < 1.29 is 4.79 Å². The van der Waals surface area contributed by atoms with Crippen molar-refractivity contribution in [2.75, 3.05) is 13.1 Å². The maximum Gasteiger partial charge on any atom is 0.261 e. The molecule has 1 amide bonds. The van der Waals surface area contributed by atoms with Gasteiger partial charge in [0.15, 0.2) is 0 Å². The van der Waals surface area contributed by atoms with E-state index in [-0.39, 0.29) is 11.5 Å². The summed E-state index contributed by atoms with van der Waals surface area (Å²) in [6, 6.07) is 5.41. The number of hydrogen-bond acceptors (Lipinski definition) is 3. The second-order valence-corrected chi connectivity index (χ2v) is 8.54. The van der Waals surface area contributed by atoms with Crippen LogP contribution < -0.4 is 5.56 Å². The fourth-order valence-corrected chi connectivity index (χ4v) is 4.74. The first-order valence-electron chi connectivity index (χ1n) is 10.4. The Kier molecular flexibility index (Phi) is 5.02. The lowest BCUT2D eigenvalue weighted by Crippen LogP contribution is -2.42. The number of aromatic nitrogens is 2. The molecule has 0 bridgehead atoms. The SMILES string of the molecule is CC1CC(C)CN(C(=O)c2ccc3c(=O)n4c(nc3c2)CCCCCC4)C1. The summed E-state index contributed by atoms with van der Waals surface area (Å²) in [5, 5.41) is 0.622. The van der Waals surface area contributed by atoms with Gasteiger partial charge in [0.05, 0.1) is 10.9 Å². The van der Waals surface area contributed by atoms with Gasteiger partial charge in [0, 0.05) is 31.6 Å². The van der Waals surface area contributed by atoms with Crippen LogP contribution in [0.25, 0.3) is 10.9 Å². The summed E-state index contributed by atoms with van der Waals surface area (Å²) in [7, 11) is 0. The lowest BCUT2D eigenvalue weighted by atomic mass is 9.91. The molecule has 1 saturated heterocycles. The summed E-state index contributed by atoms with van der Waals surface area (Å²) in [5.74, 6) is 1.99. The zero-order valence-electron chi connectivity index (χ0n) is 16.4. The highest BCUT2D eigenvalue weighted by Gasteiger charge is 2.26. The van der Waals surface area contributed by atoms with Crippen LogP contribution in [0.5, 0.6) is 0 Å². The Balaban J connectivity index is 1.70. The van der Waals surface area contributed by atoms with E-state index in [4.69, 9.17) is 4.98 Å². The number of fused-ring (bicyclic) bond motifs is 2. The number of rotatable bonds is 1. The second kappa shape index (κ2) is 7.45. The van der Waals surface area contributed by atoms with Crippen molar-refractivity contribution >= 4 is 16.8 Å². The molecular weight excluding hydrogens is 338 g/mol. The highest BCUT2D eigenvalue weighted by molar-refractivity contribution is 5.97. The van der Waals surface area contributed by atoms with Crippen molar-refractivity contribution in [2.24, 2.45) is 11.8 Å². The van der Waals surface area contributed by atoms with E-state index in [9.17, 15) is 9.59 Å². The van der Waals surface area contributed by atoms with Gasteiger partial charge in [-0.3, -0.25) is 14.2 Å². The van der Waals surface area contributed by atoms with Crippen LogP contribution in [0.15, 0.2) is 23.0 Å². The molecular formula is C22H29N3O2. The monoisotopic (exact) mass is 367 g/mol. The summed E-state index contributed by atoms with van der Waals surface area (Å²) >= 11 is 0. The van der Waals surface area contributed by atoms with E-state index in [2.05, 4.69) is 13.8 Å². The van der Waals surface area contributed by atoms with Crippen LogP contribution in [-0.4, -0.2) is 33.4 Å². The largest absolute Gasteiger partial charge is 0.338 e. The lowest BCUT2D eigenvalue weighted by molar-refractivity contribution is 0.0623. The fourth-order valence-electron chi connectivity index (χ4n) is 4.74. The van der Waals surface area contributed by atoms with Gasteiger partial charge in [0.2, 0.25) is 0 Å². The average molecular weight is 367 g/mol. The Bertz CT molecular complexity index is 908. The normalized spacial score (nSPS) is 23.6. The first-order valence-corrected chi connectivity index (χ1v) is 10.4. The smallest absolute Gasteiger partial charge is 0.261 e. The van der Waals surface area contributed by atoms with E-state index in [1.54, 1.807) is 12.1 Å². The van der Waals surface area contributed by atoms with Crippen LogP contribution >= 0.6 is 0 Å². The summed E-state index contributed by atoms with van der Waals surface area (Å²) in [4.78, 5) is 32.7. The molecule has 4 rings (SSSR count). The average Bonchev–Trinajstić information content (AvgIpc) is 2.61. The molecule has 0 radical (unpaired) electrons. The van der Waals surface area contributed by atoms with E-state index < -0.39 is 0 Å². The zero-order chi connectivity index (χ0) is 19.0.